The Morgan fingerprint density at radius 2 is 1.89 bits per heavy atom. The fourth-order valence-corrected chi connectivity index (χ4v) is 3.30. The van der Waals surface area contributed by atoms with E-state index in [9.17, 15) is 4.79 Å². The third-order valence-corrected chi connectivity index (χ3v) is 4.76. The second kappa shape index (κ2) is 6.05. The molecule has 1 amide bonds. The maximum Gasteiger partial charge on any atom is 0.239 e. The van der Waals surface area contributed by atoms with Crippen LogP contribution in [0, 0.1) is 17.8 Å². The Hall–Kier alpha value is -0.570. The van der Waals surface area contributed by atoms with E-state index in [4.69, 9.17) is 0 Å². The number of piperidine rings is 2. The van der Waals surface area contributed by atoms with E-state index < -0.39 is 0 Å². The monoisotopic (exact) mass is 252 g/mol. The Balaban J connectivity index is 1.83. The molecule has 0 aromatic rings. The summed E-state index contributed by atoms with van der Waals surface area (Å²) >= 11 is 0. The molecular formula is C15H28N2O. The van der Waals surface area contributed by atoms with Crippen LogP contribution in [0.4, 0.5) is 0 Å². The highest BCUT2D eigenvalue weighted by molar-refractivity contribution is 5.82. The second-order valence-corrected chi connectivity index (χ2v) is 6.54. The minimum absolute atomic E-state index is 0.0874. The number of amides is 1. The summed E-state index contributed by atoms with van der Waals surface area (Å²) in [6.07, 6.45) is 4.60. The molecule has 2 saturated heterocycles. The van der Waals surface area contributed by atoms with Gasteiger partial charge in [0.15, 0.2) is 0 Å². The molecule has 2 aliphatic rings. The van der Waals surface area contributed by atoms with Gasteiger partial charge in [-0.1, -0.05) is 20.8 Å². The summed E-state index contributed by atoms with van der Waals surface area (Å²) in [5, 5.41) is 3.39. The van der Waals surface area contributed by atoms with Crippen LogP contribution >= 0.6 is 0 Å². The minimum atomic E-state index is 0.0874. The standard InChI is InChI=1S/C15H28N2O/c1-11(2)13-5-8-17(9-6-13)15(18)14-10-12(3)4-7-16-14/h11-14,16H,4-10H2,1-3H3. The average molecular weight is 252 g/mol. The summed E-state index contributed by atoms with van der Waals surface area (Å²) in [4.78, 5) is 14.5. The van der Waals surface area contributed by atoms with Crippen molar-refractivity contribution in [2.45, 2.75) is 52.5 Å². The largest absolute Gasteiger partial charge is 0.341 e. The van der Waals surface area contributed by atoms with Crippen LogP contribution < -0.4 is 5.32 Å². The molecule has 0 spiro atoms. The van der Waals surface area contributed by atoms with Crippen LogP contribution in [-0.4, -0.2) is 36.5 Å². The molecule has 2 aliphatic heterocycles. The van der Waals surface area contributed by atoms with Gasteiger partial charge in [0.25, 0.3) is 0 Å². The number of carbonyl (C=O) groups is 1. The summed E-state index contributed by atoms with van der Waals surface area (Å²) in [7, 11) is 0. The Morgan fingerprint density at radius 1 is 1.22 bits per heavy atom. The van der Waals surface area contributed by atoms with Crippen LogP contribution in [0.1, 0.15) is 46.5 Å². The first-order valence-corrected chi connectivity index (χ1v) is 7.60. The molecule has 104 valence electrons. The van der Waals surface area contributed by atoms with Gasteiger partial charge in [0.1, 0.15) is 0 Å². The van der Waals surface area contributed by atoms with E-state index in [0.717, 1.165) is 37.9 Å². The van der Waals surface area contributed by atoms with E-state index in [2.05, 4.69) is 31.0 Å². The van der Waals surface area contributed by atoms with Gasteiger partial charge >= 0.3 is 0 Å². The molecule has 0 radical (unpaired) electrons. The summed E-state index contributed by atoms with van der Waals surface area (Å²) in [5.41, 5.74) is 0. The number of hydrogen-bond donors (Lipinski definition) is 1. The highest BCUT2D eigenvalue weighted by Gasteiger charge is 2.31. The van der Waals surface area contributed by atoms with Crippen LogP contribution in [-0.2, 0) is 4.79 Å². The van der Waals surface area contributed by atoms with Crippen LogP contribution in [0.2, 0.25) is 0 Å². The van der Waals surface area contributed by atoms with Gasteiger partial charge in [-0.3, -0.25) is 4.79 Å². The zero-order chi connectivity index (χ0) is 13.1. The molecule has 1 N–H and O–H groups in total. The third kappa shape index (κ3) is 3.25. The van der Waals surface area contributed by atoms with Crippen LogP contribution in [0.15, 0.2) is 0 Å². The molecule has 0 aliphatic carbocycles. The van der Waals surface area contributed by atoms with Crippen LogP contribution in [0.25, 0.3) is 0 Å². The lowest BCUT2D eigenvalue weighted by atomic mass is 9.86. The number of rotatable bonds is 2. The quantitative estimate of drug-likeness (QED) is 0.817. The van der Waals surface area contributed by atoms with Crippen molar-refractivity contribution in [1.82, 2.24) is 10.2 Å². The fraction of sp³-hybridized carbons (Fsp3) is 0.933. The molecular weight excluding hydrogens is 224 g/mol. The summed E-state index contributed by atoms with van der Waals surface area (Å²) in [6.45, 7) is 9.79. The van der Waals surface area contributed by atoms with Crippen LogP contribution in [0.5, 0.6) is 0 Å². The predicted molar refractivity (Wildman–Crippen MR) is 74.3 cm³/mol. The van der Waals surface area contributed by atoms with Gasteiger partial charge in [0.2, 0.25) is 5.91 Å². The normalized spacial score (nSPS) is 30.8. The molecule has 2 unspecified atom stereocenters. The highest BCUT2D eigenvalue weighted by Crippen LogP contribution is 2.25. The summed E-state index contributed by atoms with van der Waals surface area (Å²) < 4.78 is 0. The molecule has 0 aromatic heterocycles. The van der Waals surface area contributed by atoms with E-state index in [1.54, 1.807) is 0 Å². The Kier molecular flexibility index (Phi) is 4.66. The predicted octanol–water partition coefficient (Wildman–Crippen LogP) is 2.27. The third-order valence-electron chi connectivity index (χ3n) is 4.76. The SMILES string of the molecule is CC1CCNC(C(=O)N2CCC(C(C)C)CC2)C1. The topological polar surface area (TPSA) is 32.3 Å². The zero-order valence-electron chi connectivity index (χ0n) is 12.1. The number of likely N-dealkylation sites (tertiary alicyclic amines) is 1. The molecule has 3 nitrogen and oxygen atoms in total. The Morgan fingerprint density at radius 3 is 2.44 bits per heavy atom. The van der Waals surface area contributed by atoms with Crippen LogP contribution in [0.3, 0.4) is 0 Å². The van der Waals surface area contributed by atoms with Crippen molar-refractivity contribution in [3.63, 3.8) is 0 Å². The highest BCUT2D eigenvalue weighted by atomic mass is 16.2. The molecule has 2 rings (SSSR count). The van der Waals surface area contributed by atoms with Crippen molar-refractivity contribution in [1.29, 1.82) is 0 Å². The molecule has 2 atom stereocenters. The lowest BCUT2D eigenvalue weighted by Crippen LogP contribution is -2.52. The first kappa shape index (κ1) is 13.9. The number of nitrogens with one attached hydrogen (secondary N) is 1. The molecule has 0 bridgehead atoms. The van der Waals surface area contributed by atoms with Crippen molar-refractivity contribution in [3.05, 3.63) is 0 Å². The van der Waals surface area contributed by atoms with Crippen molar-refractivity contribution < 1.29 is 4.79 Å². The molecule has 2 fully saturated rings. The maximum absolute atomic E-state index is 12.4. The van der Waals surface area contributed by atoms with E-state index in [1.807, 2.05) is 0 Å². The first-order valence-electron chi connectivity index (χ1n) is 7.60. The van der Waals surface area contributed by atoms with Gasteiger partial charge in [-0.2, -0.15) is 0 Å². The molecule has 3 heteroatoms. The molecule has 18 heavy (non-hydrogen) atoms. The maximum atomic E-state index is 12.4. The number of nitrogens with zero attached hydrogens (tertiary/aromatic N) is 1. The van der Waals surface area contributed by atoms with Gasteiger partial charge in [-0.15, -0.1) is 0 Å². The van der Waals surface area contributed by atoms with Gasteiger partial charge in [0, 0.05) is 13.1 Å². The van der Waals surface area contributed by atoms with E-state index in [0.29, 0.717) is 11.8 Å². The Bertz CT molecular complexity index is 282. The van der Waals surface area contributed by atoms with E-state index in [-0.39, 0.29) is 6.04 Å². The Labute approximate surface area is 111 Å². The molecule has 0 saturated carbocycles. The lowest BCUT2D eigenvalue weighted by molar-refractivity contribution is -0.136. The number of hydrogen-bond acceptors (Lipinski definition) is 2. The van der Waals surface area contributed by atoms with Crippen molar-refractivity contribution in [2.75, 3.05) is 19.6 Å². The second-order valence-electron chi connectivity index (χ2n) is 6.54. The summed E-state index contributed by atoms with van der Waals surface area (Å²) in [6, 6.07) is 0.0874. The van der Waals surface area contributed by atoms with Crippen molar-refractivity contribution in [2.24, 2.45) is 17.8 Å². The number of carbonyl (C=O) groups excluding carboxylic acids is 1. The molecule has 2 heterocycles. The summed E-state index contributed by atoms with van der Waals surface area (Å²) in [5.74, 6) is 2.61. The average Bonchev–Trinajstić information content (AvgIpc) is 2.38. The first-order chi connectivity index (χ1) is 8.58. The van der Waals surface area contributed by atoms with Crippen molar-refractivity contribution >= 4 is 5.91 Å². The lowest BCUT2D eigenvalue weighted by Gasteiger charge is -2.37. The van der Waals surface area contributed by atoms with Gasteiger partial charge in [-0.25, -0.2) is 0 Å². The van der Waals surface area contributed by atoms with Gasteiger partial charge < -0.3 is 10.2 Å². The minimum Gasteiger partial charge on any atom is -0.341 e. The van der Waals surface area contributed by atoms with Crippen molar-refractivity contribution in [3.8, 4) is 0 Å². The fourth-order valence-electron chi connectivity index (χ4n) is 3.30. The van der Waals surface area contributed by atoms with Gasteiger partial charge in [0.05, 0.1) is 6.04 Å². The zero-order valence-corrected chi connectivity index (χ0v) is 12.1. The van der Waals surface area contributed by atoms with E-state index in [1.165, 1.54) is 19.3 Å². The molecule has 0 aromatic carbocycles. The van der Waals surface area contributed by atoms with E-state index >= 15 is 0 Å². The van der Waals surface area contributed by atoms with Gasteiger partial charge in [-0.05, 0) is 50.0 Å². The smallest absolute Gasteiger partial charge is 0.239 e.